The van der Waals surface area contributed by atoms with Gasteiger partial charge in [-0.2, -0.15) is 5.10 Å². The van der Waals surface area contributed by atoms with Crippen LogP contribution >= 0.6 is 15.9 Å². The van der Waals surface area contributed by atoms with Crippen molar-refractivity contribution in [3.05, 3.63) is 52.4 Å². The third kappa shape index (κ3) is 4.74. The maximum Gasteiger partial charge on any atom is 0.341 e. The molecule has 7 nitrogen and oxygen atoms in total. The number of amides is 1. The lowest BCUT2D eigenvalue weighted by molar-refractivity contribution is -0.139. The summed E-state index contributed by atoms with van der Waals surface area (Å²) in [6.45, 7) is -0.401. The van der Waals surface area contributed by atoms with Gasteiger partial charge in [-0.05, 0) is 57.9 Å². The van der Waals surface area contributed by atoms with E-state index in [0.29, 0.717) is 16.0 Å². The first-order valence-electron chi connectivity index (χ1n) is 6.08. The summed E-state index contributed by atoms with van der Waals surface area (Å²) in [7, 11) is 0. The lowest BCUT2D eigenvalue weighted by Gasteiger charge is -2.02. The molecule has 0 unspecified atom stereocenters. The Balaban J connectivity index is 1.87. The molecule has 114 valence electrons. The van der Waals surface area contributed by atoms with Crippen molar-refractivity contribution in [1.29, 1.82) is 0 Å². The number of hydrogen-bond acceptors (Lipinski definition) is 5. The van der Waals surface area contributed by atoms with Crippen molar-refractivity contribution in [2.75, 3.05) is 6.61 Å². The highest BCUT2D eigenvalue weighted by Gasteiger charge is 2.08. The van der Waals surface area contributed by atoms with E-state index >= 15 is 0 Å². The van der Waals surface area contributed by atoms with Gasteiger partial charge in [0, 0.05) is 0 Å². The average molecular weight is 367 g/mol. The second-order valence-corrected chi connectivity index (χ2v) is 4.84. The van der Waals surface area contributed by atoms with Gasteiger partial charge in [-0.1, -0.05) is 0 Å². The second-order valence-electron chi connectivity index (χ2n) is 4.05. The standard InChI is InChI=1S/C14H11BrN2O5/c15-12-6-5-11(22-12)14(20)17-16-7-9-1-3-10(4-2-9)21-8-13(18)19/h1-7H,8H2,(H,17,20)(H,18,19)/b16-7+. The van der Waals surface area contributed by atoms with Crippen molar-refractivity contribution in [1.82, 2.24) is 5.43 Å². The zero-order valence-corrected chi connectivity index (χ0v) is 12.7. The van der Waals surface area contributed by atoms with Crippen LogP contribution in [0.1, 0.15) is 16.1 Å². The van der Waals surface area contributed by atoms with Crippen LogP contribution < -0.4 is 10.2 Å². The van der Waals surface area contributed by atoms with Crippen molar-refractivity contribution in [2.45, 2.75) is 0 Å². The summed E-state index contributed by atoms with van der Waals surface area (Å²) in [4.78, 5) is 22.0. The number of carbonyl (C=O) groups is 2. The second kappa shape index (κ2) is 7.41. The Morgan fingerprint density at radius 2 is 2.00 bits per heavy atom. The van der Waals surface area contributed by atoms with Crippen LogP contribution in [0, 0.1) is 0 Å². The van der Waals surface area contributed by atoms with Crippen molar-refractivity contribution in [3.8, 4) is 5.75 Å². The smallest absolute Gasteiger partial charge is 0.341 e. The molecule has 0 spiro atoms. The van der Waals surface area contributed by atoms with Gasteiger partial charge in [0.2, 0.25) is 0 Å². The molecular weight excluding hydrogens is 356 g/mol. The van der Waals surface area contributed by atoms with Crippen LogP contribution in [0.4, 0.5) is 0 Å². The average Bonchev–Trinajstić information content (AvgIpc) is 2.93. The van der Waals surface area contributed by atoms with Gasteiger partial charge >= 0.3 is 11.9 Å². The van der Waals surface area contributed by atoms with Crippen LogP contribution in [-0.4, -0.2) is 29.8 Å². The largest absolute Gasteiger partial charge is 0.482 e. The molecule has 22 heavy (non-hydrogen) atoms. The molecule has 2 rings (SSSR count). The quantitative estimate of drug-likeness (QED) is 0.603. The fraction of sp³-hybridized carbons (Fsp3) is 0.0714. The Bertz CT molecular complexity index is 694. The number of carboxylic acid groups (broad SMARTS) is 1. The van der Waals surface area contributed by atoms with E-state index in [1.165, 1.54) is 12.3 Å². The van der Waals surface area contributed by atoms with E-state index in [1.54, 1.807) is 30.3 Å². The highest BCUT2D eigenvalue weighted by atomic mass is 79.9. The number of carbonyl (C=O) groups excluding carboxylic acids is 1. The van der Waals surface area contributed by atoms with Crippen LogP contribution in [0.25, 0.3) is 0 Å². The molecule has 0 aliphatic carbocycles. The number of aliphatic carboxylic acids is 1. The minimum atomic E-state index is -1.04. The molecular formula is C14H11BrN2O5. The minimum absolute atomic E-state index is 0.140. The number of benzene rings is 1. The van der Waals surface area contributed by atoms with Crippen molar-refractivity contribution in [3.63, 3.8) is 0 Å². The minimum Gasteiger partial charge on any atom is -0.482 e. The van der Waals surface area contributed by atoms with E-state index in [2.05, 4.69) is 26.5 Å². The predicted octanol–water partition coefficient (Wildman–Crippen LogP) is 2.27. The van der Waals surface area contributed by atoms with Gasteiger partial charge in [0.1, 0.15) is 5.75 Å². The molecule has 0 fully saturated rings. The number of hydrogen-bond donors (Lipinski definition) is 2. The SMILES string of the molecule is O=C(O)COc1ccc(/C=N/NC(=O)c2ccc(Br)o2)cc1. The molecule has 0 saturated heterocycles. The maximum absolute atomic E-state index is 11.6. The van der Waals surface area contributed by atoms with Crippen LogP contribution in [0.5, 0.6) is 5.75 Å². The fourth-order valence-electron chi connectivity index (χ4n) is 1.45. The summed E-state index contributed by atoms with van der Waals surface area (Å²) >= 11 is 3.10. The topological polar surface area (TPSA) is 101 Å². The van der Waals surface area contributed by atoms with Gasteiger partial charge in [0.05, 0.1) is 6.21 Å². The van der Waals surface area contributed by atoms with Gasteiger partial charge in [0.15, 0.2) is 17.0 Å². The Morgan fingerprint density at radius 1 is 1.27 bits per heavy atom. The number of hydrazone groups is 1. The van der Waals surface area contributed by atoms with Gasteiger partial charge in [-0.3, -0.25) is 4.79 Å². The Morgan fingerprint density at radius 3 is 2.59 bits per heavy atom. The molecule has 0 radical (unpaired) electrons. The summed E-state index contributed by atoms with van der Waals surface area (Å²) < 4.78 is 10.5. The number of nitrogens with one attached hydrogen (secondary N) is 1. The molecule has 8 heteroatoms. The number of ether oxygens (including phenoxy) is 1. The first kappa shape index (κ1) is 15.8. The molecule has 0 saturated carbocycles. The lowest BCUT2D eigenvalue weighted by atomic mass is 10.2. The third-order valence-corrected chi connectivity index (χ3v) is 2.85. The molecule has 1 aromatic heterocycles. The number of carboxylic acids is 1. The van der Waals surface area contributed by atoms with Crippen molar-refractivity contribution in [2.24, 2.45) is 5.10 Å². The van der Waals surface area contributed by atoms with E-state index < -0.39 is 18.5 Å². The van der Waals surface area contributed by atoms with E-state index in [4.69, 9.17) is 14.3 Å². The summed E-state index contributed by atoms with van der Waals surface area (Å²) in [6, 6.07) is 9.69. The van der Waals surface area contributed by atoms with Crippen LogP contribution in [0.15, 0.2) is 50.6 Å². The first-order chi connectivity index (χ1) is 10.5. The molecule has 0 bridgehead atoms. The summed E-state index contributed by atoms with van der Waals surface area (Å²) in [5.74, 6) is -0.938. The molecule has 1 heterocycles. The Kier molecular flexibility index (Phi) is 5.31. The molecule has 0 atom stereocenters. The number of nitrogens with zero attached hydrogens (tertiary/aromatic N) is 1. The highest BCUT2D eigenvalue weighted by Crippen LogP contribution is 2.14. The summed E-state index contributed by atoms with van der Waals surface area (Å²) in [5, 5.41) is 12.3. The van der Waals surface area contributed by atoms with Gasteiger partial charge in [-0.25, -0.2) is 10.2 Å². The Hall–Kier alpha value is -2.61. The normalized spacial score (nSPS) is 10.6. The molecule has 1 aromatic carbocycles. The molecule has 2 aromatic rings. The van der Waals surface area contributed by atoms with E-state index in [1.807, 2.05) is 0 Å². The van der Waals surface area contributed by atoms with Gasteiger partial charge in [-0.15, -0.1) is 0 Å². The van der Waals surface area contributed by atoms with Crippen LogP contribution in [-0.2, 0) is 4.79 Å². The number of furan rings is 1. The monoisotopic (exact) mass is 366 g/mol. The Labute approximate surface area is 133 Å². The van der Waals surface area contributed by atoms with E-state index in [-0.39, 0.29) is 5.76 Å². The lowest BCUT2D eigenvalue weighted by Crippen LogP contribution is -2.16. The number of halogens is 1. The van der Waals surface area contributed by atoms with E-state index in [0.717, 1.165) is 0 Å². The van der Waals surface area contributed by atoms with E-state index in [9.17, 15) is 9.59 Å². The maximum atomic E-state index is 11.6. The molecule has 2 N–H and O–H groups in total. The third-order valence-electron chi connectivity index (χ3n) is 2.42. The summed E-state index contributed by atoms with van der Waals surface area (Å²) in [5.41, 5.74) is 3.03. The zero-order chi connectivity index (χ0) is 15.9. The summed E-state index contributed by atoms with van der Waals surface area (Å²) in [6.07, 6.45) is 1.44. The van der Waals surface area contributed by atoms with Crippen molar-refractivity contribution < 1.29 is 23.8 Å². The molecule has 0 aliphatic rings. The fourth-order valence-corrected chi connectivity index (χ4v) is 1.76. The zero-order valence-electron chi connectivity index (χ0n) is 11.2. The molecule has 1 amide bonds. The first-order valence-corrected chi connectivity index (χ1v) is 6.87. The van der Waals surface area contributed by atoms with Gasteiger partial charge < -0.3 is 14.3 Å². The number of rotatable bonds is 6. The molecule has 0 aliphatic heterocycles. The van der Waals surface area contributed by atoms with Crippen LogP contribution in [0.2, 0.25) is 0 Å². The highest BCUT2D eigenvalue weighted by molar-refractivity contribution is 9.10. The van der Waals surface area contributed by atoms with Crippen molar-refractivity contribution >= 4 is 34.0 Å². The van der Waals surface area contributed by atoms with Crippen LogP contribution in [0.3, 0.4) is 0 Å². The van der Waals surface area contributed by atoms with Gasteiger partial charge in [0.25, 0.3) is 0 Å². The predicted molar refractivity (Wildman–Crippen MR) is 81.0 cm³/mol.